The highest BCUT2D eigenvalue weighted by Gasteiger charge is 2.23. The van der Waals surface area contributed by atoms with Gasteiger partial charge in [0.15, 0.2) is 17.4 Å². The lowest BCUT2D eigenvalue weighted by Crippen LogP contribution is -2.29. The van der Waals surface area contributed by atoms with Gasteiger partial charge in [-0.3, -0.25) is 0 Å². The van der Waals surface area contributed by atoms with E-state index in [-0.39, 0.29) is 30.6 Å². The van der Waals surface area contributed by atoms with Gasteiger partial charge in [0.2, 0.25) is 0 Å². The first-order valence-electron chi connectivity index (χ1n) is 8.32. The number of benzene rings is 2. The molecule has 26 heavy (non-hydrogen) atoms. The highest BCUT2D eigenvalue weighted by atomic mass is 35.5. The number of para-hydroxylation sites is 1. The van der Waals surface area contributed by atoms with Gasteiger partial charge in [-0.05, 0) is 56.5 Å². The third-order valence-electron chi connectivity index (χ3n) is 4.49. The van der Waals surface area contributed by atoms with Gasteiger partial charge in [-0.2, -0.15) is 0 Å². The van der Waals surface area contributed by atoms with Crippen LogP contribution in [0.2, 0.25) is 0 Å². The largest absolute Gasteiger partial charge is 0.451 e. The lowest BCUT2D eigenvalue weighted by atomic mass is 9.88. The van der Waals surface area contributed by atoms with Crippen LogP contribution in [0.15, 0.2) is 42.5 Å². The molecule has 1 aliphatic heterocycles. The second-order valence-corrected chi connectivity index (χ2v) is 6.23. The van der Waals surface area contributed by atoms with E-state index in [2.05, 4.69) is 5.32 Å². The number of hydrogen-bond acceptors (Lipinski definition) is 3. The molecule has 0 aliphatic carbocycles. The van der Waals surface area contributed by atoms with E-state index in [4.69, 9.17) is 10.5 Å². The standard InChI is InChI=1S/C19H22F2N2O.2ClH/c20-16-7-6-15(17(22)12-13-8-10-23-11-9-13)18(21)19(16)24-14-4-2-1-3-5-14;;/h1-7,13,17,23H,8-12,22H2;2*1H. The van der Waals surface area contributed by atoms with Gasteiger partial charge in [0.1, 0.15) is 5.75 Å². The highest BCUT2D eigenvalue weighted by molar-refractivity contribution is 5.85. The summed E-state index contributed by atoms with van der Waals surface area (Å²) in [5, 5.41) is 3.30. The second kappa shape index (κ2) is 10.7. The average molecular weight is 405 g/mol. The Balaban J connectivity index is 0.00000169. The van der Waals surface area contributed by atoms with E-state index in [1.54, 1.807) is 24.3 Å². The van der Waals surface area contributed by atoms with Crippen molar-refractivity contribution in [3.05, 3.63) is 59.7 Å². The zero-order valence-corrected chi connectivity index (χ0v) is 15.9. The van der Waals surface area contributed by atoms with Crippen LogP contribution in [0, 0.1) is 17.6 Å². The molecule has 0 radical (unpaired) electrons. The summed E-state index contributed by atoms with van der Waals surface area (Å²) < 4.78 is 34.2. The lowest BCUT2D eigenvalue weighted by molar-refractivity contribution is 0.328. The zero-order chi connectivity index (χ0) is 16.9. The van der Waals surface area contributed by atoms with Crippen LogP contribution in [0.25, 0.3) is 0 Å². The molecule has 2 aromatic rings. The molecular formula is C19H24Cl2F2N2O. The molecule has 0 amide bonds. The van der Waals surface area contributed by atoms with Crippen molar-refractivity contribution in [2.45, 2.75) is 25.3 Å². The maximum atomic E-state index is 14.8. The molecule has 3 N–H and O–H groups in total. The van der Waals surface area contributed by atoms with Crippen molar-refractivity contribution in [1.29, 1.82) is 0 Å². The topological polar surface area (TPSA) is 47.3 Å². The van der Waals surface area contributed by atoms with Crippen molar-refractivity contribution in [2.24, 2.45) is 11.7 Å². The molecule has 0 aromatic heterocycles. The SMILES string of the molecule is Cl.Cl.NC(CC1CCNCC1)c1ccc(F)c(Oc2ccccc2)c1F. The number of rotatable bonds is 5. The third kappa shape index (κ3) is 5.55. The Bertz CT molecular complexity index is 683. The minimum absolute atomic E-state index is 0. The highest BCUT2D eigenvalue weighted by Crippen LogP contribution is 2.34. The van der Waals surface area contributed by atoms with Crippen LogP contribution < -0.4 is 15.8 Å². The van der Waals surface area contributed by atoms with Crippen LogP contribution >= 0.6 is 24.8 Å². The van der Waals surface area contributed by atoms with Gasteiger partial charge >= 0.3 is 0 Å². The number of nitrogens with two attached hydrogens (primary N) is 1. The molecule has 144 valence electrons. The monoisotopic (exact) mass is 404 g/mol. The summed E-state index contributed by atoms with van der Waals surface area (Å²) in [6, 6.07) is 10.8. The summed E-state index contributed by atoms with van der Waals surface area (Å²) >= 11 is 0. The summed E-state index contributed by atoms with van der Waals surface area (Å²) in [6.07, 6.45) is 2.75. The molecule has 2 aromatic carbocycles. The molecule has 1 atom stereocenters. The van der Waals surface area contributed by atoms with Crippen molar-refractivity contribution in [3.8, 4) is 11.5 Å². The van der Waals surface area contributed by atoms with Crippen molar-refractivity contribution < 1.29 is 13.5 Å². The fourth-order valence-electron chi connectivity index (χ4n) is 3.14. The molecule has 1 saturated heterocycles. The predicted octanol–water partition coefficient (Wildman–Crippen LogP) is 4.99. The number of nitrogens with one attached hydrogen (secondary N) is 1. The summed E-state index contributed by atoms with van der Waals surface area (Å²) in [5.74, 6) is -0.975. The number of ether oxygens (including phenoxy) is 1. The molecule has 7 heteroatoms. The van der Waals surface area contributed by atoms with Crippen LogP contribution in [-0.4, -0.2) is 13.1 Å². The van der Waals surface area contributed by atoms with Gasteiger partial charge in [0.25, 0.3) is 0 Å². The van der Waals surface area contributed by atoms with Crippen LogP contribution in [0.4, 0.5) is 8.78 Å². The van der Waals surface area contributed by atoms with Gasteiger partial charge in [0.05, 0.1) is 0 Å². The first kappa shape index (κ1) is 22.6. The van der Waals surface area contributed by atoms with E-state index < -0.39 is 17.7 Å². The van der Waals surface area contributed by atoms with Crippen LogP contribution in [0.3, 0.4) is 0 Å². The molecule has 0 bridgehead atoms. The zero-order valence-electron chi connectivity index (χ0n) is 14.3. The first-order chi connectivity index (χ1) is 11.6. The molecule has 1 fully saturated rings. The maximum Gasteiger partial charge on any atom is 0.198 e. The maximum absolute atomic E-state index is 14.8. The average Bonchev–Trinajstić information content (AvgIpc) is 2.60. The molecule has 3 rings (SSSR count). The summed E-state index contributed by atoms with van der Waals surface area (Å²) in [7, 11) is 0. The number of piperidine rings is 1. The van der Waals surface area contributed by atoms with Crippen LogP contribution in [-0.2, 0) is 0 Å². The van der Waals surface area contributed by atoms with Gasteiger partial charge in [-0.1, -0.05) is 24.3 Å². The number of halogens is 4. The van der Waals surface area contributed by atoms with Crippen LogP contribution in [0.5, 0.6) is 11.5 Å². The van der Waals surface area contributed by atoms with Crippen LogP contribution in [0.1, 0.15) is 30.9 Å². The normalized spacial score (nSPS) is 15.5. The molecule has 1 aliphatic rings. The van der Waals surface area contributed by atoms with E-state index in [9.17, 15) is 8.78 Å². The van der Waals surface area contributed by atoms with Gasteiger partial charge < -0.3 is 15.8 Å². The van der Waals surface area contributed by atoms with Crippen molar-refractivity contribution in [3.63, 3.8) is 0 Å². The summed E-state index contributed by atoms with van der Waals surface area (Å²) in [5.41, 5.74) is 6.51. The van der Waals surface area contributed by atoms with Crippen molar-refractivity contribution in [1.82, 2.24) is 5.32 Å². The lowest BCUT2D eigenvalue weighted by Gasteiger charge is -2.26. The Hall–Kier alpha value is -1.40. The molecule has 1 heterocycles. The minimum Gasteiger partial charge on any atom is -0.451 e. The fraction of sp³-hybridized carbons (Fsp3) is 0.368. The summed E-state index contributed by atoms with van der Waals surface area (Å²) in [4.78, 5) is 0. The van der Waals surface area contributed by atoms with Gasteiger partial charge in [0, 0.05) is 11.6 Å². The Morgan fingerprint density at radius 2 is 1.69 bits per heavy atom. The molecule has 1 unspecified atom stereocenters. The van der Waals surface area contributed by atoms with E-state index in [0.29, 0.717) is 23.7 Å². The molecule has 0 saturated carbocycles. The van der Waals surface area contributed by atoms with Crippen molar-refractivity contribution >= 4 is 24.8 Å². The molecular weight excluding hydrogens is 381 g/mol. The Labute approximate surface area is 165 Å². The van der Waals surface area contributed by atoms with E-state index in [1.807, 2.05) is 6.07 Å². The minimum atomic E-state index is -0.728. The second-order valence-electron chi connectivity index (χ2n) is 6.23. The number of hydrogen-bond donors (Lipinski definition) is 2. The molecule has 3 nitrogen and oxygen atoms in total. The third-order valence-corrected chi connectivity index (χ3v) is 4.49. The van der Waals surface area contributed by atoms with E-state index >= 15 is 0 Å². The van der Waals surface area contributed by atoms with Crippen molar-refractivity contribution in [2.75, 3.05) is 13.1 Å². The summed E-state index contributed by atoms with van der Waals surface area (Å²) in [6.45, 7) is 1.93. The van der Waals surface area contributed by atoms with E-state index in [0.717, 1.165) is 25.9 Å². The van der Waals surface area contributed by atoms with Gasteiger partial charge in [-0.15, -0.1) is 24.8 Å². The molecule has 0 spiro atoms. The Kier molecular flexibility index (Phi) is 9.30. The fourth-order valence-corrected chi connectivity index (χ4v) is 3.14. The predicted molar refractivity (Wildman–Crippen MR) is 105 cm³/mol. The quantitative estimate of drug-likeness (QED) is 0.737. The first-order valence-corrected chi connectivity index (χ1v) is 8.32. The van der Waals surface area contributed by atoms with E-state index in [1.165, 1.54) is 12.1 Å². The Morgan fingerprint density at radius 3 is 2.35 bits per heavy atom. The Morgan fingerprint density at radius 1 is 1.04 bits per heavy atom. The smallest absolute Gasteiger partial charge is 0.198 e. The van der Waals surface area contributed by atoms with Gasteiger partial charge in [-0.25, -0.2) is 8.78 Å².